The van der Waals surface area contributed by atoms with Gasteiger partial charge in [-0.05, 0) is 59.1 Å². The Bertz CT molecular complexity index is 935. The van der Waals surface area contributed by atoms with Crippen molar-refractivity contribution in [3.8, 4) is 0 Å². The number of nitrogens with zero attached hydrogens (tertiary/aromatic N) is 1. The van der Waals surface area contributed by atoms with Crippen LogP contribution in [0, 0.1) is 11.7 Å². The molecule has 1 aliphatic rings. The van der Waals surface area contributed by atoms with Crippen LogP contribution in [0.15, 0.2) is 38.3 Å². The minimum absolute atomic E-state index is 0.0991. The number of amides is 1. The van der Waals surface area contributed by atoms with Gasteiger partial charge >= 0.3 is 0 Å². The second kappa shape index (κ2) is 7.93. The van der Waals surface area contributed by atoms with Crippen LogP contribution in [0.4, 0.5) is 10.1 Å². The number of anilines is 1. The van der Waals surface area contributed by atoms with Gasteiger partial charge in [-0.15, -0.1) is 11.3 Å². The molecule has 0 bridgehead atoms. The number of thiophene rings is 1. The van der Waals surface area contributed by atoms with Gasteiger partial charge in [0.1, 0.15) is 10.0 Å². The average Bonchev–Trinajstić information content (AvgIpc) is 3.05. The molecule has 0 spiro atoms. The predicted octanol–water partition coefficient (Wildman–Crippen LogP) is 4.34. The third kappa shape index (κ3) is 4.28. The summed E-state index contributed by atoms with van der Waals surface area (Å²) >= 11 is 10.3. The summed E-state index contributed by atoms with van der Waals surface area (Å²) in [6, 6.07) is 6.93. The number of hydrogen-bond acceptors (Lipinski definition) is 4. The highest BCUT2D eigenvalue weighted by molar-refractivity contribution is 9.11. The largest absolute Gasteiger partial charge is 0.324 e. The van der Waals surface area contributed by atoms with Crippen LogP contribution in [0.5, 0.6) is 0 Å². The first-order chi connectivity index (χ1) is 12.3. The monoisotopic (exact) mass is 480 g/mol. The SMILES string of the molecule is O=C(Nc1ccc(F)cc1Cl)C1CCCN(S(=O)(=O)c2ccc(Br)s2)C1. The van der Waals surface area contributed by atoms with Gasteiger partial charge < -0.3 is 5.32 Å². The van der Waals surface area contributed by atoms with Gasteiger partial charge in [0.25, 0.3) is 10.0 Å². The zero-order valence-electron chi connectivity index (χ0n) is 13.4. The van der Waals surface area contributed by atoms with Crippen LogP contribution >= 0.6 is 38.9 Å². The normalized spacial score (nSPS) is 18.7. The molecule has 140 valence electrons. The van der Waals surface area contributed by atoms with E-state index < -0.39 is 21.8 Å². The number of halogens is 3. The summed E-state index contributed by atoms with van der Waals surface area (Å²) in [6.07, 6.45) is 1.16. The van der Waals surface area contributed by atoms with Crippen LogP contribution in [0.1, 0.15) is 12.8 Å². The van der Waals surface area contributed by atoms with Crippen molar-refractivity contribution in [1.82, 2.24) is 4.31 Å². The lowest BCUT2D eigenvalue weighted by Crippen LogP contribution is -2.43. The van der Waals surface area contributed by atoms with E-state index in [-0.39, 0.29) is 21.7 Å². The van der Waals surface area contributed by atoms with Crippen LogP contribution in [0.25, 0.3) is 0 Å². The first-order valence-corrected chi connectivity index (χ1v) is 11.2. The van der Waals surface area contributed by atoms with Crippen LogP contribution in [-0.2, 0) is 14.8 Å². The minimum Gasteiger partial charge on any atom is -0.324 e. The van der Waals surface area contributed by atoms with Crippen molar-refractivity contribution in [2.45, 2.75) is 17.1 Å². The number of sulfonamides is 1. The maximum Gasteiger partial charge on any atom is 0.252 e. The Balaban J connectivity index is 1.72. The lowest BCUT2D eigenvalue weighted by Gasteiger charge is -2.30. The highest BCUT2D eigenvalue weighted by atomic mass is 79.9. The molecule has 0 radical (unpaired) electrons. The summed E-state index contributed by atoms with van der Waals surface area (Å²) in [5.74, 6) is -1.32. The van der Waals surface area contributed by atoms with Crippen molar-refractivity contribution in [2.75, 3.05) is 18.4 Å². The van der Waals surface area contributed by atoms with E-state index >= 15 is 0 Å². The molecule has 1 aliphatic heterocycles. The van der Waals surface area contributed by atoms with Gasteiger partial charge in [0.05, 0.1) is 20.4 Å². The van der Waals surface area contributed by atoms with Gasteiger partial charge in [0.2, 0.25) is 5.91 Å². The van der Waals surface area contributed by atoms with E-state index in [1.54, 1.807) is 12.1 Å². The van der Waals surface area contributed by atoms with E-state index in [0.29, 0.717) is 25.1 Å². The number of piperidine rings is 1. The van der Waals surface area contributed by atoms with Gasteiger partial charge in [-0.25, -0.2) is 12.8 Å². The molecule has 2 heterocycles. The Morgan fingerprint density at radius 1 is 1.35 bits per heavy atom. The van der Waals surface area contributed by atoms with E-state index in [4.69, 9.17) is 11.6 Å². The molecule has 1 aromatic heterocycles. The van der Waals surface area contributed by atoms with Gasteiger partial charge in [-0.2, -0.15) is 4.31 Å². The van der Waals surface area contributed by atoms with Crippen molar-refractivity contribution >= 4 is 60.5 Å². The average molecular weight is 482 g/mol. The number of rotatable bonds is 4. The fraction of sp³-hybridized carbons (Fsp3) is 0.312. The molecule has 3 rings (SSSR count). The molecular weight excluding hydrogens is 467 g/mol. The highest BCUT2D eigenvalue weighted by Gasteiger charge is 2.34. The molecule has 1 atom stereocenters. The van der Waals surface area contributed by atoms with Crippen molar-refractivity contribution in [1.29, 1.82) is 0 Å². The fourth-order valence-electron chi connectivity index (χ4n) is 2.76. The lowest BCUT2D eigenvalue weighted by atomic mass is 9.98. The predicted molar refractivity (Wildman–Crippen MR) is 104 cm³/mol. The molecule has 0 saturated carbocycles. The maximum atomic E-state index is 13.1. The van der Waals surface area contributed by atoms with Crippen molar-refractivity contribution < 1.29 is 17.6 Å². The second-order valence-corrected chi connectivity index (χ2v) is 10.9. The standard InChI is InChI=1S/C16H15BrClFN2O3S2/c17-14-5-6-15(25-14)26(23,24)21-7-1-2-10(9-21)16(22)20-13-4-3-11(19)8-12(13)18/h3-6,8,10H,1-2,7,9H2,(H,20,22). The number of carbonyl (C=O) groups excluding carboxylic acids is 1. The first-order valence-electron chi connectivity index (χ1n) is 7.79. The summed E-state index contributed by atoms with van der Waals surface area (Å²) in [5.41, 5.74) is 0.306. The molecule has 1 aromatic carbocycles. The molecule has 5 nitrogen and oxygen atoms in total. The quantitative estimate of drug-likeness (QED) is 0.706. The fourth-order valence-corrected chi connectivity index (χ4v) is 6.67. The van der Waals surface area contributed by atoms with Gasteiger partial charge in [-0.1, -0.05) is 11.6 Å². The van der Waals surface area contributed by atoms with Gasteiger partial charge in [0.15, 0.2) is 0 Å². The Kier molecular flexibility index (Phi) is 6.03. The Hall–Kier alpha value is -1.000. The molecule has 1 amide bonds. The van der Waals surface area contributed by atoms with E-state index in [9.17, 15) is 17.6 Å². The molecule has 0 aliphatic carbocycles. The van der Waals surface area contributed by atoms with E-state index in [1.807, 2.05) is 0 Å². The van der Waals surface area contributed by atoms with Gasteiger partial charge in [0, 0.05) is 13.1 Å². The van der Waals surface area contributed by atoms with Gasteiger partial charge in [-0.3, -0.25) is 4.79 Å². The molecular formula is C16H15BrClFN2O3S2. The van der Waals surface area contributed by atoms with Crippen LogP contribution < -0.4 is 5.32 Å². The summed E-state index contributed by atoms with van der Waals surface area (Å²) in [4.78, 5) is 12.5. The Morgan fingerprint density at radius 3 is 2.77 bits per heavy atom. The highest BCUT2D eigenvalue weighted by Crippen LogP contribution is 2.31. The van der Waals surface area contributed by atoms with Crippen molar-refractivity contribution in [3.63, 3.8) is 0 Å². The Labute approximate surface area is 168 Å². The smallest absolute Gasteiger partial charge is 0.252 e. The number of nitrogens with one attached hydrogen (secondary N) is 1. The molecule has 2 aromatic rings. The number of hydrogen-bond donors (Lipinski definition) is 1. The molecule has 1 fully saturated rings. The molecule has 26 heavy (non-hydrogen) atoms. The zero-order chi connectivity index (χ0) is 18.9. The first kappa shape index (κ1) is 19.8. The molecule has 1 saturated heterocycles. The minimum atomic E-state index is -3.63. The van der Waals surface area contributed by atoms with Crippen LogP contribution in [0.2, 0.25) is 5.02 Å². The summed E-state index contributed by atoms with van der Waals surface area (Å²) in [5, 5.41) is 2.76. The molecule has 1 unspecified atom stereocenters. The van der Waals surface area contributed by atoms with E-state index in [2.05, 4.69) is 21.2 Å². The topological polar surface area (TPSA) is 66.5 Å². The third-order valence-corrected chi connectivity index (χ3v) is 8.36. The third-order valence-electron chi connectivity index (χ3n) is 4.09. The van der Waals surface area contributed by atoms with E-state index in [0.717, 1.165) is 21.2 Å². The molecule has 1 N–H and O–H groups in total. The summed E-state index contributed by atoms with van der Waals surface area (Å²) < 4.78 is 40.9. The van der Waals surface area contributed by atoms with Crippen LogP contribution in [0.3, 0.4) is 0 Å². The number of carbonyl (C=O) groups is 1. The summed E-state index contributed by atoms with van der Waals surface area (Å²) in [6.45, 7) is 0.474. The Morgan fingerprint density at radius 2 is 2.12 bits per heavy atom. The van der Waals surface area contributed by atoms with Crippen LogP contribution in [-0.4, -0.2) is 31.7 Å². The summed E-state index contributed by atoms with van der Waals surface area (Å²) in [7, 11) is -3.63. The van der Waals surface area contributed by atoms with Crippen molar-refractivity contribution in [3.05, 3.63) is 45.0 Å². The van der Waals surface area contributed by atoms with Crippen molar-refractivity contribution in [2.24, 2.45) is 5.92 Å². The number of benzene rings is 1. The lowest BCUT2D eigenvalue weighted by molar-refractivity contribution is -0.120. The molecule has 10 heteroatoms. The second-order valence-electron chi connectivity index (χ2n) is 5.87. The maximum absolute atomic E-state index is 13.1. The zero-order valence-corrected chi connectivity index (χ0v) is 17.4. The van der Waals surface area contributed by atoms with E-state index in [1.165, 1.54) is 16.4 Å².